The molecule has 1 amide bonds. The highest BCUT2D eigenvalue weighted by Crippen LogP contribution is 2.33. The summed E-state index contributed by atoms with van der Waals surface area (Å²) in [4.78, 5) is 12.2. The number of sulfonamides is 1. The Morgan fingerprint density at radius 1 is 1.20 bits per heavy atom. The average Bonchev–Trinajstić information content (AvgIpc) is 3.46. The molecule has 1 N–H and O–H groups in total. The van der Waals surface area contributed by atoms with Crippen molar-refractivity contribution in [2.24, 2.45) is 5.92 Å². The van der Waals surface area contributed by atoms with Crippen LogP contribution in [0.2, 0.25) is 0 Å². The number of hydrogen-bond acceptors (Lipinski definition) is 4. The second-order valence-corrected chi connectivity index (χ2v) is 9.12. The summed E-state index contributed by atoms with van der Waals surface area (Å²) in [6, 6.07) is 9.26. The lowest BCUT2D eigenvalue weighted by Gasteiger charge is -2.31. The highest BCUT2D eigenvalue weighted by Gasteiger charge is 2.41. The van der Waals surface area contributed by atoms with Gasteiger partial charge in [-0.2, -0.15) is 0 Å². The lowest BCUT2D eigenvalue weighted by Crippen LogP contribution is -2.44. The van der Waals surface area contributed by atoms with Crippen LogP contribution in [0.15, 0.2) is 30.3 Å². The van der Waals surface area contributed by atoms with Gasteiger partial charge in [-0.05, 0) is 50.7 Å². The maximum absolute atomic E-state index is 12.2. The van der Waals surface area contributed by atoms with Crippen molar-refractivity contribution in [1.29, 1.82) is 0 Å². The smallest absolute Gasteiger partial charge is 0.260 e. The van der Waals surface area contributed by atoms with Crippen LogP contribution in [-0.4, -0.2) is 49.6 Å². The van der Waals surface area contributed by atoms with Crippen LogP contribution in [0, 0.1) is 5.92 Å². The summed E-state index contributed by atoms with van der Waals surface area (Å²) in [5, 5.41) is 2.79. The Morgan fingerprint density at radius 2 is 1.84 bits per heavy atom. The van der Waals surface area contributed by atoms with Gasteiger partial charge in [0.15, 0.2) is 6.10 Å². The van der Waals surface area contributed by atoms with Gasteiger partial charge in [-0.1, -0.05) is 18.2 Å². The molecule has 0 bridgehead atoms. The number of hydrogen-bond donors (Lipinski definition) is 1. The molecule has 25 heavy (non-hydrogen) atoms. The Balaban J connectivity index is 1.40. The lowest BCUT2D eigenvalue weighted by molar-refractivity contribution is -0.127. The van der Waals surface area contributed by atoms with E-state index in [1.807, 2.05) is 30.3 Å². The van der Waals surface area contributed by atoms with E-state index in [1.165, 1.54) is 0 Å². The van der Waals surface area contributed by atoms with Gasteiger partial charge in [0.05, 0.1) is 5.25 Å². The van der Waals surface area contributed by atoms with Crippen molar-refractivity contribution in [1.82, 2.24) is 9.62 Å². The van der Waals surface area contributed by atoms with Crippen LogP contribution >= 0.6 is 0 Å². The number of para-hydroxylation sites is 1. The van der Waals surface area contributed by atoms with Crippen molar-refractivity contribution in [3.05, 3.63) is 30.3 Å². The van der Waals surface area contributed by atoms with E-state index < -0.39 is 16.1 Å². The number of nitrogens with zero attached hydrogens (tertiary/aromatic N) is 1. The molecule has 1 aromatic rings. The van der Waals surface area contributed by atoms with Crippen LogP contribution in [-0.2, 0) is 14.8 Å². The molecule has 6 nitrogen and oxygen atoms in total. The van der Waals surface area contributed by atoms with Crippen LogP contribution < -0.4 is 10.1 Å². The van der Waals surface area contributed by atoms with E-state index >= 15 is 0 Å². The van der Waals surface area contributed by atoms with Gasteiger partial charge in [0.2, 0.25) is 10.0 Å². The summed E-state index contributed by atoms with van der Waals surface area (Å²) >= 11 is 0. The van der Waals surface area contributed by atoms with Crippen molar-refractivity contribution >= 4 is 15.9 Å². The van der Waals surface area contributed by atoms with Gasteiger partial charge in [0.25, 0.3) is 5.91 Å². The van der Waals surface area contributed by atoms with Crippen molar-refractivity contribution in [2.75, 3.05) is 19.6 Å². The fraction of sp³-hybridized carbons (Fsp3) is 0.611. The number of carbonyl (C=O) groups is 1. The largest absolute Gasteiger partial charge is 0.481 e. The summed E-state index contributed by atoms with van der Waals surface area (Å²) in [6.07, 6.45) is 2.63. The molecule has 0 aromatic heterocycles. The zero-order chi connectivity index (χ0) is 17.9. The molecule has 138 valence electrons. The maximum Gasteiger partial charge on any atom is 0.260 e. The molecule has 1 saturated heterocycles. The quantitative estimate of drug-likeness (QED) is 0.798. The van der Waals surface area contributed by atoms with E-state index in [2.05, 4.69) is 5.32 Å². The second kappa shape index (κ2) is 7.74. The van der Waals surface area contributed by atoms with Crippen LogP contribution in [0.3, 0.4) is 0 Å². The monoisotopic (exact) mass is 366 g/mol. The fourth-order valence-corrected chi connectivity index (χ4v) is 4.96. The van der Waals surface area contributed by atoms with Crippen molar-refractivity contribution < 1.29 is 17.9 Å². The highest BCUT2D eigenvalue weighted by atomic mass is 32.2. The molecule has 1 saturated carbocycles. The number of benzene rings is 1. The summed E-state index contributed by atoms with van der Waals surface area (Å²) in [7, 11) is -3.07. The molecule has 1 aliphatic heterocycles. The second-order valence-electron chi connectivity index (χ2n) is 6.91. The zero-order valence-corrected chi connectivity index (χ0v) is 15.4. The van der Waals surface area contributed by atoms with Crippen LogP contribution in [0.4, 0.5) is 0 Å². The van der Waals surface area contributed by atoms with Gasteiger partial charge in [-0.25, -0.2) is 12.7 Å². The van der Waals surface area contributed by atoms with Gasteiger partial charge >= 0.3 is 0 Å². The van der Waals surface area contributed by atoms with Gasteiger partial charge in [0, 0.05) is 19.6 Å². The fourth-order valence-electron chi connectivity index (χ4n) is 3.09. The Bertz CT molecular complexity index is 680. The van der Waals surface area contributed by atoms with Gasteiger partial charge in [-0.3, -0.25) is 4.79 Å². The van der Waals surface area contributed by atoms with E-state index in [9.17, 15) is 13.2 Å². The number of carbonyl (C=O) groups excluding carboxylic acids is 1. The first-order valence-corrected chi connectivity index (χ1v) is 10.5. The number of rotatable bonds is 7. The predicted molar refractivity (Wildman–Crippen MR) is 95.8 cm³/mol. The lowest BCUT2D eigenvalue weighted by atomic mass is 9.98. The zero-order valence-electron chi connectivity index (χ0n) is 14.6. The molecule has 0 radical (unpaired) electrons. The van der Waals surface area contributed by atoms with E-state index in [1.54, 1.807) is 11.2 Å². The summed E-state index contributed by atoms with van der Waals surface area (Å²) < 4.78 is 31.7. The third-order valence-electron chi connectivity index (χ3n) is 4.87. The molecular formula is C18H26N2O4S. The minimum absolute atomic E-state index is 0.139. The Labute approximate surface area is 149 Å². The Kier molecular flexibility index (Phi) is 5.64. The molecule has 2 fully saturated rings. The van der Waals surface area contributed by atoms with Gasteiger partial charge in [-0.15, -0.1) is 0 Å². The van der Waals surface area contributed by atoms with Crippen molar-refractivity contribution in [2.45, 2.75) is 44.0 Å². The number of ether oxygens (including phenoxy) is 1. The minimum Gasteiger partial charge on any atom is -0.481 e. The molecule has 7 heteroatoms. The van der Waals surface area contributed by atoms with E-state index in [0.717, 1.165) is 25.7 Å². The summed E-state index contributed by atoms with van der Waals surface area (Å²) in [5.74, 6) is 0.846. The molecule has 1 heterocycles. The normalized spacial score (nSPS) is 20.8. The number of piperidine rings is 1. The number of nitrogens with one attached hydrogen (secondary N) is 1. The van der Waals surface area contributed by atoms with Crippen LogP contribution in [0.25, 0.3) is 0 Å². The van der Waals surface area contributed by atoms with Gasteiger partial charge in [0.1, 0.15) is 5.75 Å². The van der Waals surface area contributed by atoms with Crippen LogP contribution in [0.5, 0.6) is 5.75 Å². The number of amides is 1. The Morgan fingerprint density at radius 3 is 2.44 bits per heavy atom. The highest BCUT2D eigenvalue weighted by molar-refractivity contribution is 7.90. The molecule has 2 aliphatic rings. The van der Waals surface area contributed by atoms with E-state index in [-0.39, 0.29) is 11.2 Å². The maximum atomic E-state index is 12.2. The third kappa shape index (κ3) is 4.73. The van der Waals surface area contributed by atoms with Crippen molar-refractivity contribution in [3.8, 4) is 5.75 Å². The summed E-state index contributed by atoms with van der Waals surface area (Å²) in [5.41, 5.74) is 0. The summed E-state index contributed by atoms with van der Waals surface area (Å²) in [6.45, 7) is 3.43. The molecule has 0 spiro atoms. The Hall–Kier alpha value is -1.60. The third-order valence-corrected chi connectivity index (χ3v) is 7.27. The first kappa shape index (κ1) is 18.2. The first-order chi connectivity index (χ1) is 12.0. The van der Waals surface area contributed by atoms with Crippen molar-refractivity contribution in [3.63, 3.8) is 0 Å². The predicted octanol–water partition coefficient (Wildman–Crippen LogP) is 1.77. The van der Waals surface area contributed by atoms with Gasteiger partial charge < -0.3 is 10.1 Å². The molecule has 1 atom stereocenters. The van der Waals surface area contributed by atoms with Crippen LogP contribution in [0.1, 0.15) is 32.6 Å². The molecule has 1 aliphatic carbocycles. The topological polar surface area (TPSA) is 75.7 Å². The van der Waals surface area contributed by atoms with E-state index in [4.69, 9.17) is 4.74 Å². The minimum atomic E-state index is -3.07. The molecule has 1 aromatic carbocycles. The SMILES string of the molecule is CC(Oc1ccccc1)C(=O)NCC1CCN(S(=O)(=O)C2CC2)CC1. The standard InChI is InChI=1S/C18H26N2O4S/c1-14(24-16-5-3-2-4-6-16)18(21)19-13-15-9-11-20(12-10-15)25(22,23)17-7-8-17/h2-6,14-15,17H,7-13H2,1H3,(H,19,21). The average molecular weight is 366 g/mol. The molecule has 3 rings (SSSR count). The molecule has 1 unspecified atom stereocenters. The first-order valence-electron chi connectivity index (χ1n) is 8.95. The molecular weight excluding hydrogens is 340 g/mol. The van der Waals surface area contributed by atoms with E-state index in [0.29, 0.717) is 31.3 Å².